The molecule has 0 aliphatic carbocycles. The Bertz CT molecular complexity index is 643. The van der Waals surface area contributed by atoms with Crippen molar-refractivity contribution >= 4 is 27.9 Å². The summed E-state index contributed by atoms with van der Waals surface area (Å²) in [5.41, 5.74) is 1.71. The van der Waals surface area contributed by atoms with Gasteiger partial charge >= 0.3 is 12.0 Å². The Morgan fingerprint density at radius 2 is 1.96 bits per heavy atom. The summed E-state index contributed by atoms with van der Waals surface area (Å²) in [4.78, 5) is 24.3. The predicted octanol–water partition coefficient (Wildman–Crippen LogP) is 3.43. The molecule has 0 fully saturated rings. The number of amides is 2. The highest BCUT2D eigenvalue weighted by Gasteiger charge is 2.32. The van der Waals surface area contributed by atoms with Gasteiger partial charge in [0, 0.05) is 11.0 Å². The van der Waals surface area contributed by atoms with Gasteiger partial charge in [-0.25, -0.2) is 9.59 Å². The zero-order valence-electron chi connectivity index (χ0n) is 14.4. The Hall–Kier alpha value is -2.02. The second-order valence-corrected chi connectivity index (χ2v) is 6.46. The summed E-state index contributed by atoms with van der Waals surface area (Å²) in [5, 5.41) is 6.18. The summed E-state index contributed by atoms with van der Waals surface area (Å²) in [5.74, 6) is 0.329. The number of esters is 1. The van der Waals surface area contributed by atoms with E-state index in [9.17, 15) is 9.59 Å². The lowest BCUT2D eigenvalue weighted by molar-refractivity contribution is -0.139. The number of carbonyl (C=O) groups is 2. The first-order valence-corrected chi connectivity index (χ1v) is 9.43. The van der Waals surface area contributed by atoms with Gasteiger partial charge in [0.1, 0.15) is 5.75 Å². The van der Waals surface area contributed by atoms with E-state index in [1.165, 1.54) is 0 Å². The van der Waals surface area contributed by atoms with Gasteiger partial charge in [-0.15, -0.1) is 0 Å². The molecule has 136 valence electrons. The SMILES string of the molecule is CCCOc1ccc(C2NC(=O)NC(C)=C2C(=O)OCCCBr)cc1. The van der Waals surface area contributed by atoms with Gasteiger partial charge in [0.25, 0.3) is 0 Å². The molecule has 2 rings (SSSR count). The van der Waals surface area contributed by atoms with Crippen molar-refractivity contribution in [2.24, 2.45) is 0 Å². The van der Waals surface area contributed by atoms with E-state index in [-0.39, 0.29) is 6.03 Å². The fourth-order valence-corrected chi connectivity index (χ4v) is 2.72. The number of hydrogen-bond donors (Lipinski definition) is 2. The minimum absolute atomic E-state index is 0.325. The molecule has 1 aromatic rings. The molecular formula is C18H23BrN2O4. The van der Waals surface area contributed by atoms with Gasteiger partial charge in [-0.05, 0) is 37.5 Å². The summed E-state index contributed by atoms with van der Waals surface area (Å²) in [6.07, 6.45) is 1.66. The summed E-state index contributed by atoms with van der Waals surface area (Å²) in [7, 11) is 0. The zero-order chi connectivity index (χ0) is 18.2. The Labute approximate surface area is 156 Å². The number of alkyl halides is 1. The number of ether oxygens (including phenoxy) is 2. The van der Waals surface area contributed by atoms with E-state index in [1.807, 2.05) is 31.2 Å². The van der Waals surface area contributed by atoms with E-state index in [0.717, 1.165) is 29.5 Å². The van der Waals surface area contributed by atoms with Crippen molar-refractivity contribution in [2.75, 3.05) is 18.5 Å². The third kappa shape index (κ3) is 5.22. The maximum atomic E-state index is 12.5. The Balaban J connectivity index is 2.21. The number of nitrogens with one attached hydrogen (secondary N) is 2. The number of halogens is 1. The first-order chi connectivity index (χ1) is 12.1. The third-order valence-corrected chi connectivity index (χ3v) is 4.25. The molecule has 1 aliphatic heterocycles. The van der Waals surface area contributed by atoms with Gasteiger partial charge < -0.3 is 20.1 Å². The van der Waals surface area contributed by atoms with Crippen LogP contribution in [0.25, 0.3) is 0 Å². The average Bonchev–Trinajstić information content (AvgIpc) is 2.59. The molecule has 2 N–H and O–H groups in total. The fourth-order valence-electron chi connectivity index (χ4n) is 2.49. The molecule has 1 unspecified atom stereocenters. The molecule has 0 aromatic heterocycles. The van der Waals surface area contributed by atoms with E-state index in [1.54, 1.807) is 6.92 Å². The van der Waals surface area contributed by atoms with E-state index in [4.69, 9.17) is 9.47 Å². The van der Waals surface area contributed by atoms with Gasteiger partial charge in [-0.3, -0.25) is 0 Å². The van der Waals surface area contributed by atoms with Crippen LogP contribution in [0.1, 0.15) is 38.3 Å². The van der Waals surface area contributed by atoms with Crippen LogP contribution in [0.5, 0.6) is 5.75 Å². The molecule has 7 heteroatoms. The highest BCUT2D eigenvalue weighted by molar-refractivity contribution is 9.09. The molecule has 0 spiro atoms. The Morgan fingerprint density at radius 1 is 1.24 bits per heavy atom. The molecule has 6 nitrogen and oxygen atoms in total. The molecule has 2 amide bonds. The van der Waals surface area contributed by atoms with E-state index < -0.39 is 12.0 Å². The molecule has 1 aromatic carbocycles. The lowest BCUT2D eigenvalue weighted by Crippen LogP contribution is -2.45. The zero-order valence-corrected chi connectivity index (χ0v) is 16.0. The normalized spacial score (nSPS) is 16.9. The first kappa shape index (κ1) is 19.3. The van der Waals surface area contributed by atoms with Crippen LogP contribution in [0.15, 0.2) is 35.5 Å². The number of allylic oxidation sites excluding steroid dienone is 1. The van der Waals surface area contributed by atoms with Crippen LogP contribution in [0, 0.1) is 0 Å². The van der Waals surface area contributed by atoms with Crippen LogP contribution in [0.4, 0.5) is 4.79 Å². The maximum Gasteiger partial charge on any atom is 0.338 e. The molecule has 0 saturated carbocycles. The van der Waals surface area contributed by atoms with Crippen LogP contribution in [0.3, 0.4) is 0 Å². The molecule has 1 aliphatic rings. The molecule has 25 heavy (non-hydrogen) atoms. The summed E-state index contributed by atoms with van der Waals surface area (Å²) in [6.45, 7) is 4.71. The van der Waals surface area contributed by atoms with Crippen molar-refractivity contribution in [3.63, 3.8) is 0 Å². The number of hydrogen-bond acceptors (Lipinski definition) is 4. The lowest BCUT2D eigenvalue weighted by atomic mass is 9.95. The van der Waals surface area contributed by atoms with Crippen LogP contribution in [-0.4, -0.2) is 30.5 Å². The third-order valence-electron chi connectivity index (χ3n) is 3.69. The second-order valence-electron chi connectivity index (χ2n) is 5.67. The van der Waals surface area contributed by atoms with Gasteiger partial charge in [0.2, 0.25) is 0 Å². The van der Waals surface area contributed by atoms with Crippen molar-refractivity contribution in [3.05, 3.63) is 41.1 Å². The van der Waals surface area contributed by atoms with Crippen molar-refractivity contribution in [3.8, 4) is 5.75 Å². The van der Waals surface area contributed by atoms with Gasteiger partial charge in [0.15, 0.2) is 0 Å². The number of carbonyl (C=O) groups excluding carboxylic acids is 2. The number of rotatable bonds is 8. The lowest BCUT2D eigenvalue weighted by Gasteiger charge is -2.28. The van der Waals surface area contributed by atoms with Crippen LogP contribution >= 0.6 is 15.9 Å². The first-order valence-electron chi connectivity index (χ1n) is 8.31. The second kappa shape index (κ2) is 9.46. The Morgan fingerprint density at radius 3 is 2.60 bits per heavy atom. The summed E-state index contributed by atoms with van der Waals surface area (Å²) in [6, 6.07) is 6.47. The topological polar surface area (TPSA) is 76.7 Å². The van der Waals surface area contributed by atoms with E-state index in [2.05, 4.69) is 26.6 Å². The summed E-state index contributed by atoms with van der Waals surface area (Å²) >= 11 is 3.30. The van der Waals surface area contributed by atoms with Gasteiger partial charge in [-0.2, -0.15) is 0 Å². The largest absolute Gasteiger partial charge is 0.494 e. The standard InChI is InChI=1S/C18H23BrN2O4/c1-3-10-24-14-7-5-13(6-8-14)16-15(12(2)20-18(23)21-16)17(22)25-11-4-9-19/h5-8,16H,3-4,9-11H2,1-2H3,(H2,20,21,23). The molecule has 0 radical (unpaired) electrons. The molecule has 0 saturated heterocycles. The minimum Gasteiger partial charge on any atom is -0.494 e. The number of urea groups is 1. The minimum atomic E-state index is -0.551. The van der Waals surface area contributed by atoms with Crippen LogP contribution < -0.4 is 15.4 Å². The molecule has 1 heterocycles. The van der Waals surface area contributed by atoms with Crippen molar-refractivity contribution in [1.29, 1.82) is 0 Å². The smallest absolute Gasteiger partial charge is 0.338 e. The van der Waals surface area contributed by atoms with Crippen molar-refractivity contribution in [1.82, 2.24) is 10.6 Å². The summed E-state index contributed by atoms with van der Waals surface area (Å²) < 4.78 is 10.9. The predicted molar refractivity (Wildman–Crippen MR) is 98.7 cm³/mol. The van der Waals surface area contributed by atoms with Gasteiger partial charge in [0.05, 0.1) is 24.8 Å². The molecule has 1 atom stereocenters. The molecular weight excluding hydrogens is 388 g/mol. The fraction of sp³-hybridized carbons (Fsp3) is 0.444. The Kier molecular flexibility index (Phi) is 7.31. The van der Waals surface area contributed by atoms with Crippen LogP contribution in [0.2, 0.25) is 0 Å². The maximum absolute atomic E-state index is 12.5. The average molecular weight is 411 g/mol. The van der Waals surface area contributed by atoms with E-state index >= 15 is 0 Å². The number of benzene rings is 1. The highest BCUT2D eigenvalue weighted by atomic mass is 79.9. The van der Waals surface area contributed by atoms with Crippen molar-refractivity contribution < 1.29 is 19.1 Å². The van der Waals surface area contributed by atoms with Crippen molar-refractivity contribution in [2.45, 2.75) is 32.7 Å². The quantitative estimate of drug-likeness (QED) is 0.391. The highest BCUT2D eigenvalue weighted by Crippen LogP contribution is 2.28. The molecule has 0 bridgehead atoms. The van der Waals surface area contributed by atoms with E-state index in [0.29, 0.717) is 24.5 Å². The van der Waals surface area contributed by atoms with Gasteiger partial charge in [-0.1, -0.05) is 35.0 Å². The monoisotopic (exact) mass is 410 g/mol. The van der Waals surface area contributed by atoms with Crippen LogP contribution in [-0.2, 0) is 9.53 Å².